The fourth-order valence-corrected chi connectivity index (χ4v) is 0.937. The van der Waals surface area contributed by atoms with Gasteiger partial charge >= 0.3 is 6.09 Å². The van der Waals surface area contributed by atoms with Crippen LogP contribution in [0.1, 0.15) is 6.92 Å². The quantitative estimate of drug-likeness (QED) is 0.749. The molecular weight excluding hydrogens is 177 g/mol. The molecule has 0 bridgehead atoms. The van der Waals surface area contributed by atoms with Crippen molar-refractivity contribution in [3.8, 4) is 0 Å². The Bertz CT molecular complexity index is 300. The topological polar surface area (TPSA) is 70.1 Å². The Morgan fingerprint density at radius 1 is 1.92 bits per heavy atom. The highest BCUT2D eigenvalue weighted by Crippen LogP contribution is 1.98. The summed E-state index contributed by atoms with van der Waals surface area (Å²) >= 11 is 0. The summed E-state index contributed by atoms with van der Waals surface area (Å²) in [5, 5.41) is 3.67. The number of rotatable bonds is 3. The smallest absolute Gasteiger partial charge is 0.404 e. The van der Waals surface area contributed by atoms with Gasteiger partial charge in [-0.3, -0.25) is 4.68 Å². The number of carbonyl (C=O) groups excluding carboxylic acids is 1. The second kappa shape index (κ2) is 3.88. The standard InChI is InChI=1S/C7H10FN3O2/c1-5(13-7(9)12)3-11-4-6(8)2-10-11/h2,4-5H,3H2,1H3,(H2,9,12). The lowest BCUT2D eigenvalue weighted by molar-refractivity contribution is 0.104. The molecule has 1 rings (SSSR count). The Morgan fingerprint density at radius 2 is 2.62 bits per heavy atom. The van der Waals surface area contributed by atoms with Gasteiger partial charge in [0.05, 0.1) is 18.9 Å². The van der Waals surface area contributed by atoms with Crippen molar-refractivity contribution < 1.29 is 13.9 Å². The first-order valence-corrected chi connectivity index (χ1v) is 3.72. The van der Waals surface area contributed by atoms with E-state index < -0.39 is 18.0 Å². The Balaban J connectivity index is 2.44. The van der Waals surface area contributed by atoms with Crippen molar-refractivity contribution in [1.82, 2.24) is 9.78 Å². The fourth-order valence-electron chi connectivity index (χ4n) is 0.937. The van der Waals surface area contributed by atoms with E-state index in [9.17, 15) is 9.18 Å². The normalized spacial score (nSPS) is 12.5. The number of hydrogen-bond donors (Lipinski definition) is 1. The second-order valence-corrected chi connectivity index (χ2v) is 2.63. The molecule has 0 aromatic carbocycles. The molecule has 6 heteroatoms. The summed E-state index contributed by atoms with van der Waals surface area (Å²) in [6.45, 7) is 1.93. The molecule has 0 saturated carbocycles. The van der Waals surface area contributed by atoms with Gasteiger partial charge in [-0.25, -0.2) is 9.18 Å². The van der Waals surface area contributed by atoms with Crippen LogP contribution >= 0.6 is 0 Å². The van der Waals surface area contributed by atoms with Gasteiger partial charge in [-0.15, -0.1) is 0 Å². The number of halogens is 1. The largest absolute Gasteiger partial charge is 0.445 e. The van der Waals surface area contributed by atoms with Crippen molar-refractivity contribution in [2.45, 2.75) is 19.6 Å². The third-order valence-corrected chi connectivity index (χ3v) is 1.36. The van der Waals surface area contributed by atoms with E-state index in [0.717, 1.165) is 6.20 Å². The van der Waals surface area contributed by atoms with Gasteiger partial charge in [0.2, 0.25) is 0 Å². The number of amides is 1. The minimum absolute atomic E-state index is 0.285. The van der Waals surface area contributed by atoms with Crippen LogP contribution < -0.4 is 5.73 Å². The van der Waals surface area contributed by atoms with Crippen molar-refractivity contribution in [2.75, 3.05) is 0 Å². The van der Waals surface area contributed by atoms with Gasteiger partial charge in [-0.05, 0) is 6.92 Å². The van der Waals surface area contributed by atoms with Crippen LogP contribution in [0.15, 0.2) is 12.4 Å². The molecule has 1 atom stereocenters. The lowest BCUT2D eigenvalue weighted by atomic mass is 10.4. The van der Waals surface area contributed by atoms with Gasteiger partial charge < -0.3 is 10.5 Å². The Kier molecular flexibility index (Phi) is 2.84. The number of ether oxygens (including phenoxy) is 1. The predicted octanol–water partition coefficient (Wildman–Crippen LogP) is 0.506. The molecule has 2 N–H and O–H groups in total. The summed E-state index contributed by atoms with van der Waals surface area (Å²) in [5.74, 6) is -0.425. The molecule has 72 valence electrons. The molecule has 0 aliphatic rings. The lowest BCUT2D eigenvalue weighted by Gasteiger charge is -2.10. The van der Waals surface area contributed by atoms with E-state index in [2.05, 4.69) is 9.84 Å². The molecule has 0 fully saturated rings. The molecule has 0 radical (unpaired) electrons. The van der Waals surface area contributed by atoms with Crippen molar-refractivity contribution in [3.63, 3.8) is 0 Å². The lowest BCUT2D eigenvalue weighted by Crippen LogP contribution is -2.24. The molecule has 1 heterocycles. The molecule has 0 aliphatic heterocycles. The summed E-state index contributed by atoms with van der Waals surface area (Å²) in [4.78, 5) is 10.3. The summed E-state index contributed by atoms with van der Waals surface area (Å²) in [6, 6.07) is 0. The zero-order chi connectivity index (χ0) is 9.84. The van der Waals surface area contributed by atoms with E-state index in [1.807, 2.05) is 0 Å². The third kappa shape index (κ3) is 3.10. The summed E-state index contributed by atoms with van der Waals surface area (Å²) in [7, 11) is 0. The molecule has 0 spiro atoms. The van der Waals surface area contributed by atoms with Gasteiger partial charge in [-0.2, -0.15) is 5.10 Å². The van der Waals surface area contributed by atoms with Crippen molar-refractivity contribution in [3.05, 3.63) is 18.2 Å². The Hall–Kier alpha value is -1.59. The number of aromatic nitrogens is 2. The SMILES string of the molecule is CC(Cn1cc(F)cn1)OC(N)=O. The zero-order valence-corrected chi connectivity index (χ0v) is 7.11. The van der Waals surface area contributed by atoms with Gasteiger partial charge in [0, 0.05) is 0 Å². The Labute approximate surface area is 74.3 Å². The first-order chi connectivity index (χ1) is 6.08. The number of carbonyl (C=O) groups is 1. The maximum absolute atomic E-state index is 12.4. The summed E-state index contributed by atoms with van der Waals surface area (Å²) < 4.78 is 18.4. The third-order valence-electron chi connectivity index (χ3n) is 1.36. The molecule has 1 aromatic rings. The zero-order valence-electron chi connectivity index (χ0n) is 7.11. The van der Waals surface area contributed by atoms with Crippen LogP contribution in [0, 0.1) is 5.82 Å². The number of nitrogens with two attached hydrogens (primary N) is 1. The van der Waals surface area contributed by atoms with E-state index in [0.29, 0.717) is 0 Å². The molecular formula is C7H10FN3O2. The van der Waals surface area contributed by atoms with Gasteiger partial charge in [0.25, 0.3) is 0 Å². The second-order valence-electron chi connectivity index (χ2n) is 2.63. The van der Waals surface area contributed by atoms with E-state index in [-0.39, 0.29) is 6.54 Å². The van der Waals surface area contributed by atoms with Crippen LogP contribution in [0.25, 0.3) is 0 Å². The molecule has 0 saturated heterocycles. The first kappa shape index (κ1) is 9.50. The molecule has 5 nitrogen and oxygen atoms in total. The van der Waals surface area contributed by atoms with Crippen LogP contribution in [0.3, 0.4) is 0 Å². The van der Waals surface area contributed by atoms with E-state index in [4.69, 9.17) is 5.73 Å². The highest BCUT2D eigenvalue weighted by atomic mass is 19.1. The van der Waals surface area contributed by atoms with Crippen LogP contribution in [-0.2, 0) is 11.3 Å². The maximum Gasteiger partial charge on any atom is 0.404 e. The van der Waals surface area contributed by atoms with Crippen LogP contribution in [0.2, 0.25) is 0 Å². The van der Waals surface area contributed by atoms with E-state index in [1.165, 1.54) is 10.9 Å². The Morgan fingerprint density at radius 3 is 3.08 bits per heavy atom. The summed E-state index contributed by atoms with van der Waals surface area (Å²) in [5.41, 5.74) is 4.79. The van der Waals surface area contributed by atoms with Gasteiger partial charge in [-0.1, -0.05) is 0 Å². The molecule has 1 aromatic heterocycles. The average Bonchev–Trinajstić information content (AvgIpc) is 2.33. The van der Waals surface area contributed by atoms with Crippen molar-refractivity contribution in [2.24, 2.45) is 5.73 Å². The van der Waals surface area contributed by atoms with Crippen LogP contribution in [-0.4, -0.2) is 22.0 Å². The van der Waals surface area contributed by atoms with E-state index >= 15 is 0 Å². The fraction of sp³-hybridized carbons (Fsp3) is 0.429. The molecule has 0 aliphatic carbocycles. The van der Waals surface area contributed by atoms with Crippen molar-refractivity contribution in [1.29, 1.82) is 0 Å². The predicted molar refractivity (Wildman–Crippen MR) is 42.3 cm³/mol. The highest BCUT2D eigenvalue weighted by Gasteiger charge is 2.07. The number of primary amides is 1. The minimum atomic E-state index is -0.847. The number of nitrogens with zero attached hydrogens (tertiary/aromatic N) is 2. The summed E-state index contributed by atoms with van der Waals surface area (Å²) in [6.07, 6.45) is 1.02. The number of hydrogen-bond acceptors (Lipinski definition) is 3. The maximum atomic E-state index is 12.4. The van der Waals surface area contributed by atoms with Crippen LogP contribution in [0.5, 0.6) is 0 Å². The minimum Gasteiger partial charge on any atom is -0.445 e. The average molecular weight is 187 g/mol. The van der Waals surface area contributed by atoms with Gasteiger partial charge in [0.15, 0.2) is 5.82 Å². The van der Waals surface area contributed by atoms with E-state index in [1.54, 1.807) is 6.92 Å². The van der Waals surface area contributed by atoms with Crippen molar-refractivity contribution >= 4 is 6.09 Å². The van der Waals surface area contributed by atoms with Gasteiger partial charge in [0.1, 0.15) is 6.10 Å². The van der Waals surface area contributed by atoms with Crippen LogP contribution in [0.4, 0.5) is 9.18 Å². The highest BCUT2D eigenvalue weighted by molar-refractivity contribution is 5.64. The molecule has 13 heavy (non-hydrogen) atoms. The molecule has 1 amide bonds. The first-order valence-electron chi connectivity index (χ1n) is 3.72. The monoisotopic (exact) mass is 187 g/mol. The molecule has 1 unspecified atom stereocenters.